The predicted octanol–water partition coefficient (Wildman–Crippen LogP) is 0.997. The zero-order valence-corrected chi connectivity index (χ0v) is 14.4. The number of aromatic nitrogens is 3. The van der Waals surface area contributed by atoms with Crippen molar-refractivity contribution in [3.8, 4) is 0 Å². The van der Waals surface area contributed by atoms with E-state index in [2.05, 4.69) is 25.2 Å². The van der Waals surface area contributed by atoms with Crippen LogP contribution in [-0.2, 0) is 4.74 Å². The summed E-state index contributed by atoms with van der Waals surface area (Å²) in [6, 6.07) is 7.93. The van der Waals surface area contributed by atoms with Gasteiger partial charge in [0.1, 0.15) is 11.2 Å². The topological polar surface area (TPSA) is 126 Å². The number of primary amides is 1. The molecule has 3 aromatic rings. The molecule has 4 rings (SSSR count). The Morgan fingerprint density at radius 2 is 1.96 bits per heavy atom. The number of nitrogens with two attached hydrogens (primary N) is 1. The second-order valence-electron chi connectivity index (χ2n) is 6.12. The number of amides is 1. The summed E-state index contributed by atoms with van der Waals surface area (Å²) in [4.78, 5) is 37.0. The first-order chi connectivity index (χ1) is 13.1. The number of carbonyl (C=O) groups excluding carboxylic acids is 1. The Kier molecular flexibility index (Phi) is 4.43. The van der Waals surface area contributed by atoms with Crippen molar-refractivity contribution in [1.29, 1.82) is 0 Å². The summed E-state index contributed by atoms with van der Waals surface area (Å²) in [6.07, 6.45) is 2.64. The van der Waals surface area contributed by atoms with Crippen LogP contribution >= 0.6 is 0 Å². The highest BCUT2D eigenvalue weighted by molar-refractivity contribution is 5.95. The maximum absolute atomic E-state index is 12.2. The fraction of sp³-hybridized carbons (Fsp3) is 0.222. The highest BCUT2D eigenvalue weighted by atomic mass is 16.5. The first kappa shape index (κ1) is 17.0. The Balaban J connectivity index is 1.55. The van der Waals surface area contributed by atoms with E-state index in [1.807, 2.05) is 24.3 Å². The number of fused-ring (bicyclic) bond motifs is 1. The van der Waals surface area contributed by atoms with E-state index in [-0.39, 0.29) is 10.9 Å². The first-order valence-corrected chi connectivity index (χ1v) is 8.50. The molecule has 0 unspecified atom stereocenters. The third-order valence-electron chi connectivity index (χ3n) is 4.40. The van der Waals surface area contributed by atoms with Gasteiger partial charge in [-0.15, -0.1) is 0 Å². The molecule has 1 aliphatic rings. The van der Waals surface area contributed by atoms with Gasteiger partial charge in [0.05, 0.1) is 18.6 Å². The second kappa shape index (κ2) is 7.04. The molecule has 0 atom stereocenters. The lowest BCUT2D eigenvalue weighted by atomic mass is 10.2. The van der Waals surface area contributed by atoms with Crippen LogP contribution in [0.15, 0.2) is 41.5 Å². The summed E-state index contributed by atoms with van der Waals surface area (Å²) in [5.41, 5.74) is 6.85. The average molecular weight is 366 g/mol. The first-order valence-electron chi connectivity index (χ1n) is 8.50. The Morgan fingerprint density at radius 1 is 1.22 bits per heavy atom. The summed E-state index contributed by atoms with van der Waals surface area (Å²) >= 11 is 0. The standard InChI is InChI=1S/C18H18N6O3/c19-16(26)13-9-20-17-14(15(13)25)10-21-18(23-17)22-11-1-3-12(4-2-11)24-5-7-27-8-6-24/h1-4,9-10H,5-8H2,(H2,19,26)(H2,20,21,22,23,25). The normalized spacial score (nSPS) is 14.3. The van der Waals surface area contributed by atoms with Gasteiger partial charge in [-0.3, -0.25) is 9.59 Å². The number of hydrogen-bond donors (Lipinski definition) is 3. The van der Waals surface area contributed by atoms with Crippen molar-refractivity contribution in [2.45, 2.75) is 0 Å². The molecule has 3 heterocycles. The molecule has 27 heavy (non-hydrogen) atoms. The van der Waals surface area contributed by atoms with Crippen LogP contribution in [0.25, 0.3) is 11.0 Å². The number of hydrogen-bond acceptors (Lipinski definition) is 7. The van der Waals surface area contributed by atoms with Crippen molar-refractivity contribution < 1.29 is 9.53 Å². The number of benzene rings is 1. The summed E-state index contributed by atoms with van der Waals surface area (Å²) in [6.45, 7) is 3.23. The molecule has 2 aromatic heterocycles. The number of carbonyl (C=O) groups is 1. The summed E-state index contributed by atoms with van der Waals surface area (Å²) in [7, 11) is 0. The Bertz CT molecular complexity index is 1040. The molecule has 1 amide bonds. The van der Waals surface area contributed by atoms with E-state index < -0.39 is 11.3 Å². The SMILES string of the molecule is NC(=O)c1c[nH]c2nc(Nc3ccc(N4CCOCC4)cc3)ncc2c1=O. The van der Waals surface area contributed by atoms with Gasteiger partial charge in [-0.1, -0.05) is 0 Å². The number of rotatable bonds is 4. The number of ether oxygens (including phenoxy) is 1. The van der Waals surface area contributed by atoms with E-state index in [0.29, 0.717) is 11.6 Å². The summed E-state index contributed by atoms with van der Waals surface area (Å²) < 4.78 is 5.37. The van der Waals surface area contributed by atoms with Crippen LogP contribution in [0, 0.1) is 0 Å². The monoisotopic (exact) mass is 366 g/mol. The van der Waals surface area contributed by atoms with Crippen molar-refractivity contribution in [3.05, 3.63) is 52.4 Å². The van der Waals surface area contributed by atoms with Crippen molar-refractivity contribution in [3.63, 3.8) is 0 Å². The minimum atomic E-state index is -0.791. The molecule has 1 saturated heterocycles. The molecule has 0 saturated carbocycles. The molecular weight excluding hydrogens is 348 g/mol. The van der Waals surface area contributed by atoms with Crippen LogP contribution in [-0.4, -0.2) is 47.2 Å². The minimum Gasteiger partial charge on any atom is -0.378 e. The van der Waals surface area contributed by atoms with E-state index in [4.69, 9.17) is 10.5 Å². The fourth-order valence-corrected chi connectivity index (χ4v) is 2.96. The van der Waals surface area contributed by atoms with Crippen molar-refractivity contribution >= 4 is 34.3 Å². The Labute approximate surface area is 154 Å². The third-order valence-corrected chi connectivity index (χ3v) is 4.40. The van der Waals surface area contributed by atoms with Gasteiger partial charge < -0.3 is 25.7 Å². The molecule has 4 N–H and O–H groups in total. The minimum absolute atomic E-state index is 0.120. The number of anilines is 3. The number of nitrogens with zero attached hydrogens (tertiary/aromatic N) is 3. The van der Waals surface area contributed by atoms with Crippen LogP contribution in [0.2, 0.25) is 0 Å². The summed E-state index contributed by atoms with van der Waals surface area (Å²) in [5.74, 6) is -0.454. The van der Waals surface area contributed by atoms with E-state index in [0.717, 1.165) is 37.7 Å². The zero-order valence-electron chi connectivity index (χ0n) is 14.4. The van der Waals surface area contributed by atoms with Crippen molar-refractivity contribution in [2.24, 2.45) is 5.73 Å². The molecule has 0 aliphatic carbocycles. The molecule has 9 nitrogen and oxygen atoms in total. The molecule has 138 valence electrons. The predicted molar refractivity (Wildman–Crippen MR) is 101 cm³/mol. The molecular formula is C18H18N6O3. The largest absolute Gasteiger partial charge is 0.378 e. The van der Waals surface area contributed by atoms with Crippen LogP contribution in [0.4, 0.5) is 17.3 Å². The van der Waals surface area contributed by atoms with E-state index >= 15 is 0 Å². The molecule has 0 bridgehead atoms. The number of aromatic amines is 1. The van der Waals surface area contributed by atoms with Gasteiger partial charge in [-0.25, -0.2) is 4.98 Å². The van der Waals surface area contributed by atoms with Gasteiger partial charge >= 0.3 is 0 Å². The zero-order chi connectivity index (χ0) is 18.8. The molecule has 0 radical (unpaired) electrons. The van der Waals surface area contributed by atoms with Gasteiger partial charge in [0.25, 0.3) is 5.91 Å². The van der Waals surface area contributed by atoms with Gasteiger partial charge in [0.2, 0.25) is 11.4 Å². The molecule has 0 spiro atoms. The number of morpholine rings is 1. The number of H-pyrrole nitrogens is 1. The van der Waals surface area contributed by atoms with Crippen LogP contribution in [0.1, 0.15) is 10.4 Å². The van der Waals surface area contributed by atoms with E-state index in [1.165, 1.54) is 12.4 Å². The van der Waals surface area contributed by atoms with Crippen molar-refractivity contribution in [2.75, 3.05) is 36.5 Å². The van der Waals surface area contributed by atoms with Gasteiger partial charge in [0, 0.05) is 36.9 Å². The molecule has 1 aromatic carbocycles. The highest BCUT2D eigenvalue weighted by Gasteiger charge is 2.13. The highest BCUT2D eigenvalue weighted by Crippen LogP contribution is 2.21. The lowest BCUT2D eigenvalue weighted by molar-refractivity contribution is 0.0999. The average Bonchev–Trinajstić information content (AvgIpc) is 2.69. The van der Waals surface area contributed by atoms with E-state index in [9.17, 15) is 9.59 Å². The molecule has 1 fully saturated rings. The smallest absolute Gasteiger partial charge is 0.254 e. The fourth-order valence-electron chi connectivity index (χ4n) is 2.96. The van der Waals surface area contributed by atoms with Crippen LogP contribution in [0.3, 0.4) is 0 Å². The van der Waals surface area contributed by atoms with Gasteiger partial charge in [-0.05, 0) is 24.3 Å². The lowest BCUT2D eigenvalue weighted by Crippen LogP contribution is -2.36. The molecule has 9 heteroatoms. The second-order valence-corrected chi connectivity index (χ2v) is 6.12. The molecule has 1 aliphatic heterocycles. The summed E-state index contributed by atoms with van der Waals surface area (Å²) in [5, 5.41) is 3.31. The number of nitrogens with one attached hydrogen (secondary N) is 2. The maximum Gasteiger partial charge on any atom is 0.254 e. The van der Waals surface area contributed by atoms with Crippen LogP contribution < -0.4 is 21.4 Å². The van der Waals surface area contributed by atoms with E-state index in [1.54, 1.807) is 0 Å². The van der Waals surface area contributed by atoms with Gasteiger partial charge in [0.15, 0.2) is 0 Å². The Morgan fingerprint density at radius 3 is 2.67 bits per heavy atom. The quantitative estimate of drug-likeness (QED) is 0.629. The third kappa shape index (κ3) is 3.44. The van der Waals surface area contributed by atoms with Crippen LogP contribution in [0.5, 0.6) is 0 Å². The number of pyridine rings is 1. The van der Waals surface area contributed by atoms with Crippen molar-refractivity contribution in [1.82, 2.24) is 15.0 Å². The van der Waals surface area contributed by atoms with Gasteiger partial charge in [-0.2, -0.15) is 4.98 Å². The Hall–Kier alpha value is -3.46. The maximum atomic E-state index is 12.2. The lowest BCUT2D eigenvalue weighted by Gasteiger charge is -2.28.